The number of nitrogens with zero attached hydrogens (tertiary/aromatic N) is 4. The first-order valence-electron chi connectivity index (χ1n) is 17.6. The van der Waals surface area contributed by atoms with E-state index >= 15 is 0 Å². The van der Waals surface area contributed by atoms with Gasteiger partial charge in [-0.05, 0) is 18.4 Å². The fourth-order valence-electron chi connectivity index (χ4n) is 5.82. The number of halogens is 1. The Labute approximate surface area is 302 Å². The number of carboxylic acids is 1. The van der Waals surface area contributed by atoms with Crippen LogP contribution in [0.15, 0.2) is 36.7 Å². The SMILES string of the molecule is C#C[C@]1(COP(=O)(NC(Cc2ccccc2)C(=O)O)OCC(=O)OCCCCCCCCCCCC)O[C@@H](n2cnc3c(N)nc(F)nc32)C[C@@H]1O. The van der Waals surface area contributed by atoms with Crippen LogP contribution in [0.25, 0.3) is 11.2 Å². The van der Waals surface area contributed by atoms with Gasteiger partial charge < -0.3 is 25.4 Å². The van der Waals surface area contributed by atoms with Crippen LogP contribution in [0.3, 0.4) is 0 Å². The minimum Gasteiger partial charge on any atom is -0.480 e. The molecular weight excluding hydrogens is 698 g/mol. The number of anilines is 1. The van der Waals surface area contributed by atoms with Gasteiger partial charge in [-0.1, -0.05) is 101 Å². The number of ether oxygens (including phenoxy) is 2. The average Bonchev–Trinajstić information content (AvgIpc) is 3.70. The number of unbranched alkanes of at least 4 members (excludes halogenated alkanes) is 9. The van der Waals surface area contributed by atoms with E-state index in [1.807, 2.05) is 0 Å². The molecule has 0 amide bonds. The first kappa shape index (κ1) is 40.8. The van der Waals surface area contributed by atoms with E-state index in [0.29, 0.717) is 12.0 Å². The molecule has 0 spiro atoms. The maximum Gasteiger partial charge on any atom is 0.406 e. The zero-order valence-electron chi connectivity index (χ0n) is 29.3. The number of rotatable bonds is 23. The molecule has 1 aliphatic rings. The topological polar surface area (TPSA) is 210 Å². The molecule has 5 atom stereocenters. The summed E-state index contributed by atoms with van der Waals surface area (Å²) in [5, 5.41) is 23.5. The number of terminal acetylenes is 1. The van der Waals surface area contributed by atoms with Crippen molar-refractivity contribution in [3.05, 3.63) is 48.3 Å². The van der Waals surface area contributed by atoms with Gasteiger partial charge in [0.1, 0.15) is 25.0 Å². The second kappa shape index (κ2) is 19.8. The van der Waals surface area contributed by atoms with Gasteiger partial charge in [0.25, 0.3) is 0 Å². The van der Waals surface area contributed by atoms with Crippen LogP contribution in [0.1, 0.15) is 89.3 Å². The van der Waals surface area contributed by atoms with Gasteiger partial charge in [0.15, 0.2) is 29.2 Å². The van der Waals surface area contributed by atoms with Gasteiger partial charge in [-0.15, -0.1) is 6.42 Å². The summed E-state index contributed by atoms with van der Waals surface area (Å²) in [4.78, 5) is 36.1. The third-order valence-corrected chi connectivity index (χ3v) is 10.3. The van der Waals surface area contributed by atoms with E-state index in [2.05, 4.69) is 32.9 Å². The minimum atomic E-state index is -4.68. The van der Waals surface area contributed by atoms with E-state index in [4.69, 9.17) is 30.7 Å². The number of aliphatic hydroxyl groups excluding tert-OH is 1. The second-order valence-corrected chi connectivity index (χ2v) is 14.5. The van der Waals surface area contributed by atoms with Crippen LogP contribution < -0.4 is 10.8 Å². The molecule has 0 aliphatic carbocycles. The van der Waals surface area contributed by atoms with Crippen LogP contribution in [-0.4, -0.2) is 79.2 Å². The summed E-state index contributed by atoms with van der Waals surface area (Å²) in [5.41, 5.74) is 4.49. The predicted octanol–water partition coefficient (Wildman–Crippen LogP) is 5.09. The lowest BCUT2D eigenvalue weighted by atomic mass is 9.99. The lowest BCUT2D eigenvalue weighted by Gasteiger charge is -2.29. The van der Waals surface area contributed by atoms with E-state index in [0.717, 1.165) is 19.3 Å². The maximum absolute atomic E-state index is 14.1. The molecule has 1 fully saturated rings. The van der Waals surface area contributed by atoms with Crippen LogP contribution in [0.2, 0.25) is 0 Å². The zero-order chi connectivity index (χ0) is 37.6. The highest BCUT2D eigenvalue weighted by Crippen LogP contribution is 2.48. The van der Waals surface area contributed by atoms with Gasteiger partial charge in [-0.3, -0.25) is 18.4 Å². The number of aliphatic hydroxyl groups is 1. The first-order chi connectivity index (χ1) is 25.0. The first-order valence-corrected chi connectivity index (χ1v) is 19.1. The molecule has 15 nitrogen and oxygen atoms in total. The molecule has 2 aromatic heterocycles. The summed E-state index contributed by atoms with van der Waals surface area (Å²) < 4.78 is 51.8. The highest BCUT2D eigenvalue weighted by molar-refractivity contribution is 7.51. The van der Waals surface area contributed by atoms with Crippen LogP contribution in [0.4, 0.5) is 10.2 Å². The number of aromatic nitrogens is 4. The number of hydrogen-bond acceptors (Lipinski definition) is 12. The van der Waals surface area contributed by atoms with Crippen LogP contribution in [-0.2, 0) is 39.1 Å². The standard InChI is InChI=1S/C35H48FN6O9P/c1-3-5-6-7-8-9-10-11-12-16-19-48-29(44)22-49-52(47,41-26(33(45)46)20-25-17-14-13-15-18-25)50-23-35(4-2)27(43)21-28(51-35)42-24-38-30-31(37)39-34(36)40-32(30)42/h2,13-15,17-18,24,26-28,43H,3,5-12,16,19-23H2,1H3,(H,41,47)(H,45,46)(H2,37,39,40)/t26?,27-,28+,35+,52?/m0/s1. The Bertz CT molecular complexity index is 1710. The van der Waals surface area contributed by atoms with E-state index in [1.54, 1.807) is 30.3 Å². The summed E-state index contributed by atoms with van der Waals surface area (Å²) in [7, 11) is -4.68. The Morgan fingerprint density at radius 1 is 1.13 bits per heavy atom. The molecule has 17 heteroatoms. The molecule has 0 radical (unpaired) electrons. The molecule has 284 valence electrons. The van der Waals surface area contributed by atoms with Gasteiger partial charge in [0.2, 0.25) is 0 Å². The Kier molecular flexibility index (Phi) is 15.5. The van der Waals surface area contributed by atoms with E-state index in [-0.39, 0.29) is 36.4 Å². The Balaban J connectivity index is 1.39. The number of hydrogen-bond donors (Lipinski definition) is 4. The molecule has 1 aromatic carbocycles. The molecule has 1 saturated heterocycles. The lowest BCUT2D eigenvalue weighted by molar-refractivity contribution is -0.146. The lowest BCUT2D eigenvalue weighted by Crippen LogP contribution is -2.44. The molecule has 2 unspecified atom stereocenters. The van der Waals surface area contributed by atoms with E-state index in [9.17, 15) is 28.8 Å². The van der Waals surface area contributed by atoms with Crippen molar-refractivity contribution in [2.45, 2.75) is 108 Å². The number of esters is 1. The van der Waals surface area contributed by atoms with Gasteiger partial charge in [-0.25, -0.2) is 19.4 Å². The Morgan fingerprint density at radius 3 is 2.46 bits per heavy atom. The average molecular weight is 747 g/mol. The zero-order valence-corrected chi connectivity index (χ0v) is 30.2. The number of nitrogen functional groups attached to an aromatic ring is 1. The van der Waals surface area contributed by atoms with Gasteiger partial charge in [0.05, 0.1) is 12.9 Å². The predicted molar refractivity (Wildman–Crippen MR) is 189 cm³/mol. The van der Waals surface area contributed by atoms with Crippen LogP contribution in [0, 0.1) is 18.4 Å². The van der Waals surface area contributed by atoms with Gasteiger partial charge in [0, 0.05) is 6.42 Å². The summed E-state index contributed by atoms with van der Waals surface area (Å²) >= 11 is 0. The second-order valence-electron chi connectivity index (χ2n) is 12.7. The van der Waals surface area contributed by atoms with Crippen molar-refractivity contribution in [2.75, 3.05) is 25.6 Å². The Hall–Kier alpha value is -3.97. The summed E-state index contributed by atoms with van der Waals surface area (Å²) in [6.45, 7) is 0.726. The van der Waals surface area contributed by atoms with Crippen LogP contribution in [0.5, 0.6) is 0 Å². The molecule has 5 N–H and O–H groups in total. The van der Waals surface area contributed by atoms with Gasteiger partial charge >= 0.3 is 25.8 Å². The normalized spacial score (nSPS) is 20.3. The van der Waals surface area contributed by atoms with E-state index in [1.165, 1.54) is 49.4 Å². The highest BCUT2D eigenvalue weighted by Gasteiger charge is 2.50. The third-order valence-electron chi connectivity index (χ3n) is 8.74. The maximum atomic E-state index is 14.1. The number of benzene rings is 1. The van der Waals surface area contributed by atoms with E-state index < -0.39 is 63.0 Å². The fourth-order valence-corrected chi connectivity index (χ4v) is 7.27. The number of nitrogens with two attached hydrogens (primary N) is 1. The number of fused-ring (bicyclic) bond motifs is 1. The quantitative estimate of drug-likeness (QED) is 0.0328. The molecular formula is C35H48FN6O9P. The van der Waals surface area contributed by atoms with Crippen molar-refractivity contribution in [1.29, 1.82) is 0 Å². The van der Waals surface area contributed by atoms with Crippen molar-refractivity contribution < 1.29 is 47.3 Å². The molecule has 1 aliphatic heterocycles. The van der Waals surface area contributed by atoms with Crippen molar-refractivity contribution in [3.63, 3.8) is 0 Å². The molecule has 4 rings (SSSR count). The van der Waals surface area contributed by atoms with Crippen LogP contribution >= 0.6 is 7.75 Å². The smallest absolute Gasteiger partial charge is 0.406 e. The number of aliphatic carboxylic acids is 1. The minimum absolute atomic E-state index is 0.0202. The third kappa shape index (κ3) is 11.5. The molecule has 3 heterocycles. The number of carboxylic acid groups (broad SMARTS) is 1. The number of carbonyl (C=O) groups excluding carboxylic acids is 1. The molecule has 3 aromatic rings. The number of imidazole rings is 1. The van der Waals surface area contributed by atoms with Crippen molar-refractivity contribution in [3.8, 4) is 12.3 Å². The number of nitrogens with one attached hydrogen (secondary N) is 1. The largest absolute Gasteiger partial charge is 0.480 e. The molecule has 0 bridgehead atoms. The van der Waals surface area contributed by atoms with Crippen molar-refractivity contribution in [2.24, 2.45) is 0 Å². The highest BCUT2D eigenvalue weighted by atomic mass is 31.2. The molecule has 52 heavy (non-hydrogen) atoms. The van der Waals surface area contributed by atoms with Gasteiger partial charge in [-0.2, -0.15) is 14.4 Å². The fraction of sp³-hybridized carbons (Fsp3) is 0.571. The summed E-state index contributed by atoms with van der Waals surface area (Å²) in [6, 6.07) is 7.09. The number of carbonyl (C=O) groups is 2. The van der Waals surface area contributed by atoms with Crippen molar-refractivity contribution in [1.82, 2.24) is 24.6 Å². The Morgan fingerprint density at radius 2 is 1.81 bits per heavy atom. The summed E-state index contributed by atoms with van der Waals surface area (Å²) in [6.07, 6.45) is 14.3. The monoisotopic (exact) mass is 746 g/mol. The summed E-state index contributed by atoms with van der Waals surface area (Å²) in [5.74, 6) is -0.0789. The van der Waals surface area contributed by atoms with Crippen molar-refractivity contribution >= 4 is 36.7 Å². The molecule has 0 saturated carbocycles.